The number of anilines is 1. The lowest BCUT2D eigenvalue weighted by molar-refractivity contribution is 0.171. The number of nitrogens with two attached hydrogens (primary N) is 1. The van der Waals surface area contributed by atoms with E-state index in [4.69, 9.17) is 43.1 Å². The molecular weight excluding hydrogens is 301 g/mol. The van der Waals surface area contributed by atoms with Crippen LogP contribution in [-0.2, 0) is 0 Å². The van der Waals surface area contributed by atoms with Crippen LogP contribution >= 0.6 is 23.2 Å². The Labute approximate surface area is 125 Å². The molecule has 0 bridgehead atoms. The zero-order valence-electron chi connectivity index (χ0n) is 10.4. The van der Waals surface area contributed by atoms with Crippen LogP contribution in [0.4, 0.5) is 5.69 Å². The molecule has 0 fully saturated rings. The second-order valence-corrected chi connectivity index (χ2v) is 5.11. The van der Waals surface area contributed by atoms with Gasteiger partial charge in [0.05, 0.1) is 5.69 Å². The Morgan fingerprint density at radius 3 is 2.15 bits per heavy atom. The van der Waals surface area contributed by atoms with Gasteiger partial charge in [-0.1, -0.05) is 23.2 Å². The van der Waals surface area contributed by atoms with E-state index >= 15 is 0 Å². The van der Waals surface area contributed by atoms with Crippen LogP contribution in [0.15, 0.2) is 30.3 Å². The molecule has 104 valence electrons. The average molecular weight is 312 g/mol. The summed E-state index contributed by atoms with van der Waals surface area (Å²) in [4.78, 5) is 0. The first kappa shape index (κ1) is 13.2. The molecule has 4 nitrogen and oxygen atoms in total. The predicted octanol–water partition coefficient (Wildman–Crippen LogP) is 4.14. The van der Waals surface area contributed by atoms with Crippen molar-refractivity contribution in [1.82, 2.24) is 0 Å². The number of hydrogen-bond acceptors (Lipinski definition) is 4. The quantitative estimate of drug-likeness (QED) is 0.847. The van der Waals surface area contributed by atoms with Gasteiger partial charge in [-0.05, 0) is 18.2 Å². The summed E-state index contributed by atoms with van der Waals surface area (Å²) in [6.07, 6.45) is 0. The van der Waals surface area contributed by atoms with Gasteiger partial charge in [0.1, 0.15) is 19.0 Å². The van der Waals surface area contributed by atoms with Gasteiger partial charge in [-0.15, -0.1) is 0 Å². The van der Waals surface area contributed by atoms with E-state index in [1.54, 1.807) is 30.3 Å². The largest absolute Gasteiger partial charge is 0.486 e. The SMILES string of the molecule is Nc1cc2c(cc1Oc1cc(Cl)cc(Cl)c1)OCCO2. The maximum absolute atomic E-state index is 5.94. The fourth-order valence-corrected chi connectivity index (χ4v) is 2.39. The van der Waals surface area contributed by atoms with Crippen molar-refractivity contribution in [3.05, 3.63) is 40.4 Å². The third-order valence-corrected chi connectivity index (χ3v) is 3.17. The highest BCUT2D eigenvalue weighted by atomic mass is 35.5. The molecule has 1 aliphatic rings. The molecular formula is C14H11Cl2NO3. The molecule has 2 aromatic carbocycles. The number of nitrogen functional groups attached to an aromatic ring is 1. The minimum absolute atomic E-state index is 0.449. The summed E-state index contributed by atoms with van der Waals surface area (Å²) in [6, 6.07) is 8.31. The van der Waals surface area contributed by atoms with Crippen LogP contribution in [0.3, 0.4) is 0 Å². The summed E-state index contributed by atoms with van der Waals surface area (Å²) < 4.78 is 16.6. The zero-order chi connectivity index (χ0) is 14.1. The highest BCUT2D eigenvalue weighted by Gasteiger charge is 2.16. The van der Waals surface area contributed by atoms with Crippen LogP contribution in [0.25, 0.3) is 0 Å². The molecule has 1 heterocycles. The van der Waals surface area contributed by atoms with Crippen molar-refractivity contribution in [2.75, 3.05) is 18.9 Å². The molecule has 0 amide bonds. The smallest absolute Gasteiger partial charge is 0.165 e. The van der Waals surface area contributed by atoms with Gasteiger partial charge in [0.15, 0.2) is 17.2 Å². The van der Waals surface area contributed by atoms with E-state index in [1.165, 1.54) is 0 Å². The molecule has 2 aromatic rings. The molecule has 6 heteroatoms. The Hall–Kier alpha value is -1.78. The van der Waals surface area contributed by atoms with Gasteiger partial charge in [0, 0.05) is 22.2 Å². The van der Waals surface area contributed by atoms with Crippen molar-refractivity contribution < 1.29 is 14.2 Å². The summed E-state index contributed by atoms with van der Waals surface area (Å²) >= 11 is 11.9. The van der Waals surface area contributed by atoms with Gasteiger partial charge in [-0.25, -0.2) is 0 Å². The Morgan fingerprint density at radius 1 is 0.900 bits per heavy atom. The normalized spacial score (nSPS) is 13.1. The third-order valence-electron chi connectivity index (χ3n) is 2.74. The third kappa shape index (κ3) is 2.71. The van der Waals surface area contributed by atoms with E-state index in [0.717, 1.165) is 0 Å². The van der Waals surface area contributed by atoms with Crippen molar-refractivity contribution >= 4 is 28.9 Å². The second-order valence-electron chi connectivity index (χ2n) is 4.24. The van der Waals surface area contributed by atoms with E-state index in [2.05, 4.69) is 0 Å². The lowest BCUT2D eigenvalue weighted by Crippen LogP contribution is -2.15. The number of fused-ring (bicyclic) bond motifs is 1. The highest BCUT2D eigenvalue weighted by molar-refractivity contribution is 6.34. The summed E-state index contributed by atoms with van der Waals surface area (Å²) in [6.45, 7) is 1.01. The first-order valence-corrected chi connectivity index (χ1v) is 6.70. The number of halogens is 2. The van der Waals surface area contributed by atoms with E-state index in [0.29, 0.717) is 51.9 Å². The molecule has 0 aliphatic carbocycles. The van der Waals surface area contributed by atoms with Gasteiger partial charge in [-0.2, -0.15) is 0 Å². The molecule has 3 rings (SSSR count). The standard InChI is InChI=1S/C14H11Cl2NO3/c15-8-3-9(16)5-10(4-8)20-12-7-14-13(6-11(12)17)18-1-2-19-14/h3-7H,1-2,17H2. The maximum atomic E-state index is 5.94. The highest BCUT2D eigenvalue weighted by Crippen LogP contribution is 2.40. The molecule has 20 heavy (non-hydrogen) atoms. The first-order valence-electron chi connectivity index (χ1n) is 5.95. The monoisotopic (exact) mass is 311 g/mol. The van der Waals surface area contributed by atoms with Crippen LogP contribution in [-0.4, -0.2) is 13.2 Å². The van der Waals surface area contributed by atoms with Crippen molar-refractivity contribution in [1.29, 1.82) is 0 Å². The summed E-state index contributed by atoms with van der Waals surface area (Å²) in [5, 5.41) is 0.979. The Kier molecular flexibility index (Phi) is 3.51. The van der Waals surface area contributed by atoms with Crippen molar-refractivity contribution in [2.24, 2.45) is 0 Å². The van der Waals surface area contributed by atoms with Gasteiger partial charge in [-0.3, -0.25) is 0 Å². The lowest BCUT2D eigenvalue weighted by atomic mass is 10.2. The zero-order valence-corrected chi connectivity index (χ0v) is 11.9. The molecule has 0 spiro atoms. The van der Waals surface area contributed by atoms with Gasteiger partial charge < -0.3 is 19.9 Å². The van der Waals surface area contributed by atoms with Crippen molar-refractivity contribution in [3.8, 4) is 23.0 Å². The summed E-state index contributed by atoms with van der Waals surface area (Å²) in [7, 11) is 0. The molecule has 2 N–H and O–H groups in total. The fraction of sp³-hybridized carbons (Fsp3) is 0.143. The van der Waals surface area contributed by atoms with Gasteiger partial charge in [0.25, 0.3) is 0 Å². The van der Waals surface area contributed by atoms with Crippen molar-refractivity contribution in [2.45, 2.75) is 0 Å². The number of hydrogen-bond donors (Lipinski definition) is 1. The minimum Gasteiger partial charge on any atom is -0.486 e. The van der Waals surface area contributed by atoms with Crippen LogP contribution in [0, 0.1) is 0 Å². The Balaban J connectivity index is 1.94. The maximum Gasteiger partial charge on any atom is 0.165 e. The molecule has 0 unspecified atom stereocenters. The fourth-order valence-electron chi connectivity index (χ4n) is 1.89. The van der Waals surface area contributed by atoms with E-state index in [-0.39, 0.29) is 0 Å². The summed E-state index contributed by atoms with van der Waals surface area (Å²) in [5.74, 6) is 2.19. The van der Waals surface area contributed by atoms with E-state index in [1.807, 2.05) is 0 Å². The second kappa shape index (κ2) is 5.31. The van der Waals surface area contributed by atoms with Crippen LogP contribution < -0.4 is 19.9 Å². The number of rotatable bonds is 2. The molecule has 0 radical (unpaired) electrons. The average Bonchev–Trinajstić information content (AvgIpc) is 2.38. The van der Waals surface area contributed by atoms with Gasteiger partial charge in [0.2, 0.25) is 0 Å². The molecule has 0 aromatic heterocycles. The molecule has 0 saturated heterocycles. The Bertz CT molecular complexity index is 641. The lowest BCUT2D eigenvalue weighted by Gasteiger charge is -2.20. The van der Waals surface area contributed by atoms with E-state index in [9.17, 15) is 0 Å². The van der Waals surface area contributed by atoms with Crippen molar-refractivity contribution in [3.63, 3.8) is 0 Å². The minimum atomic E-state index is 0.449. The summed E-state index contributed by atoms with van der Waals surface area (Å²) in [5.41, 5.74) is 6.39. The van der Waals surface area contributed by atoms with Crippen LogP contribution in [0.1, 0.15) is 0 Å². The molecule has 0 atom stereocenters. The van der Waals surface area contributed by atoms with Crippen LogP contribution in [0.2, 0.25) is 10.0 Å². The van der Waals surface area contributed by atoms with E-state index < -0.39 is 0 Å². The number of ether oxygens (including phenoxy) is 3. The number of benzene rings is 2. The molecule has 0 saturated carbocycles. The molecule has 1 aliphatic heterocycles. The predicted molar refractivity (Wildman–Crippen MR) is 78.4 cm³/mol. The Morgan fingerprint density at radius 2 is 1.50 bits per heavy atom. The van der Waals surface area contributed by atoms with Crippen LogP contribution in [0.5, 0.6) is 23.0 Å². The first-order chi connectivity index (χ1) is 9.61. The topological polar surface area (TPSA) is 53.7 Å². The van der Waals surface area contributed by atoms with Gasteiger partial charge >= 0.3 is 0 Å².